The lowest BCUT2D eigenvalue weighted by atomic mass is 9.98. The molecule has 1 aliphatic rings. The second kappa shape index (κ2) is 7.83. The molecular formula is C20H19BrO5. The van der Waals surface area contributed by atoms with Crippen molar-refractivity contribution in [1.29, 1.82) is 0 Å². The Morgan fingerprint density at radius 2 is 1.85 bits per heavy atom. The van der Waals surface area contributed by atoms with Crippen LogP contribution in [0.2, 0.25) is 0 Å². The summed E-state index contributed by atoms with van der Waals surface area (Å²) in [6.45, 7) is 2.60. The molecule has 3 rings (SSSR count). The Morgan fingerprint density at radius 1 is 1.15 bits per heavy atom. The van der Waals surface area contributed by atoms with Crippen molar-refractivity contribution >= 4 is 27.8 Å². The van der Waals surface area contributed by atoms with Gasteiger partial charge in [0.15, 0.2) is 17.3 Å². The minimum atomic E-state index is -0.0561. The number of halogens is 1. The molecular weight excluding hydrogens is 400 g/mol. The van der Waals surface area contributed by atoms with Crippen molar-refractivity contribution < 1.29 is 23.7 Å². The molecule has 1 aliphatic heterocycles. The molecule has 0 aliphatic carbocycles. The lowest BCUT2D eigenvalue weighted by molar-refractivity contribution is 0.100. The molecule has 0 N–H and O–H groups in total. The molecule has 0 atom stereocenters. The summed E-state index contributed by atoms with van der Waals surface area (Å²) >= 11 is 3.39. The molecule has 0 spiro atoms. The summed E-state index contributed by atoms with van der Waals surface area (Å²) in [5.74, 6) is 2.17. The average molecular weight is 419 g/mol. The first-order valence-corrected chi connectivity index (χ1v) is 8.93. The highest BCUT2D eigenvalue weighted by molar-refractivity contribution is 9.10. The van der Waals surface area contributed by atoms with Gasteiger partial charge in [-0.3, -0.25) is 4.79 Å². The molecule has 0 bridgehead atoms. The number of rotatable bonds is 5. The van der Waals surface area contributed by atoms with E-state index in [4.69, 9.17) is 18.9 Å². The van der Waals surface area contributed by atoms with Gasteiger partial charge in [0.25, 0.3) is 0 Å². The molecule has 26 heavy (non-hydrogen) atoms. The van der Waals surface area contributed by atoms with Crippen molar-refractivity contribution in [2.75, 3.05) is 27.4 Å². The van der Waals surface area contributed by atoms with Crippen LogP contribution < -0.4 is 18.9 Å². The maximum atomic E-state index is 12.8. The number of hydrogen-bond donors (Lipinski definition) is 0. The summed E-state index contributed by atoms with van der Waals surface area (Å²) in [5.41, 5.74) is 1.87. The zero-order valence-electron chi connectivity index (χ0n) is 14.8. The first-order chi connectivity index (χ1) is 12.6. The van der Waals surface area contributed by atoms with Crippen molar-refractivity contribution in [1.82, 2.24) is 0 Å². The topological polar surface area (TPSA) is 54.0 Å². The summed E-state index contributed by atoms with van der Waals surface area (Å²) in [6, 6.07) is 9.03. The molecule has 2 aromatic carbocycles. The predicted octanol–water partition coefficient (Wildman–Crippen LogP) is 4.52. The maximum Gasteiger partial charge on any atom is 0.203 e. The van der Waals surface area contributed by atoms with Gasteiger partial charge in [0.2, 0.25) is 5.75 Å². The van der Waals surface area contributed by atoms with Crippen molar-refractivity contribution in [3.05, 3.63) is 51.5 Å². The SMILES string of the molecule is CCOc1c(OC)cc(/C=C2\COc3ccc(Br)cc3C2=O)cc1OC. The number of fused-ring (bicyclic) bond motifs is 1. The summed E-state index contributed by atoms with van der Waals surface area (Å²) in [4.78, 5) is 12.8. The van der Waals surface area contributed by atoms with E-state index in [2.05, 4.69) is 15.9 Å². The van der Waals surface area contributed by atoms with Gasteiger partial charge in [-0.1, -0.05) is 15.9 Å². The maximum absolute atomic E-state index is 12.8. The summed E-state index contributed by atoms with van der Waals surface area (Å²) in [6.07, 6.45) is 1.78. The number of Topliss-reactive ketones (excluding diaryl/α,β-unsaturated/α-hetero) is 1. The van der Waals surface area contributed by atoms with E-state index in [1.807, 2.05) is 25.1 Å². The molecule has 0 saturated heterocycles. The number of ether oxygens (including phenoxy) is 4. The van der Waals surface area contributed by atoms with Crippen molar-refractivity contribution in [3.63, 3.8) is 0 Å². The number of carbonyl (C=O) groups is 1. The molecule has 0 radical (unpaired) electrons. The molecule has 5 nitrogen and oxygen atoms in total. The van der Waals surface area contributed by atoms with Crippen LogP contribution in [-0.4, -0.2) is 33.2 Å². The van der Waals surface area contributed by atoms with E-state index in [1.165, 1.54) is 0 Å². The first kappa shape index (κ1) is 18.3. The van der Waals surface area contributed by atoms with Crippen LogP contribution in [0.25, 0.3) is 6.08 Å². The fraction of sp³-hybridized carbons (Fsp3) is 0.250. The average Bonchev–Trinajstić information content (AvgIpc) is 2.65. The van der Waals surface area contributed by atoms with E-state index in [1.54, 1.807) is 32.4 Å². The highest BCUT2D eigenvalue weighted by Crippen LogP contribution is 2.39. The molecule has 0 unspecified atom stereocenters. The third-order valence-corrected chi connectivity index (χ3v) is 4.47. The Hall–Kier alpha value is -2.47. The van der Waals surface area contributed by atoms with E-state index in [0.717, 1.165) is 10.0 Å². The van der Waals surface area contributed by atoms with Crippen LogP contribution in [0.15, 0.2) is 40.4 Å². The Bertz CT molecular complexity index is 847. The Labute approximate surface area is 160 Å². The van der Waals surface area contributed by atoms with E-state index in [-0.39, 0.29) is 12.4 Å². The number of benzene rings is 2. The zero-order chi connectivity index (χ0) is 18.7. The quantitative estimate of drug-likeness (QED) is 0.667. The standard InChI is InChI=1S/C20H19BrO5/c1-4-25-20-17(23-2)8-12(9-18(20)24-3)7-13-11-26-16-6-5-14(21)10-15(16)19(13)22/h5-10H,4,11H2,1-3H3/b13-7+. The van der Waals surface area contributed by atoms with Crippen LogP contribution in [0.1, 0.15) is 22.8 Å². The van der Waals surface area contributed by atoms with Gasteiger partial charge in [0.05, 0.1) is 26.4 Å². The molecule has 136 valence electrons. The van der Waals surface area contributed by atoms with Crippen LogP contribution in [-0.2, 0) is 0 Å². The first-order valence-electron chi connectivity index (χ1n) is 8.13. The highest BCUT2D eigenvalue weighted by atomic mass is 79.9. The Kier molecular flexibility index (Phi) is 5.52. The zero-order valence-corrected chi connectivity index (χ0v) is 16.4. The third-order valence-electron chi connectivity index (χ3n) is 3.97. The van der Waals surface area contributed by atoms with Gasteiger partial charge in [-0.25, -0.2) is 0 Å². The van der Waals surface area contributed by atoms with Crippen LogP contribution >= 0.6 is 15.9 Å². The van der Waals surface area contributed by atoms with Crippen molar-refractivity contribution in [3.8, 4) is 23.0 Å². The van der Waals surface area contributed by atoms with Gasteiger partial charge in [-0.2, -0.15) is 0 Å². The van der Waals surface area contributed by atoms with Crippen LogP contribution in [0.5, 0.6) is 23.0 Å². The second-order valence-corrected chi connectivity index (χ2v) is 6.53. The second-order valence-electron chi connectivity index (χ2n) is 5.62. The fourth-order valence-electron chi connectivity index (χ4n) is 2.78. The van der Waals surface area contributed by atoms with Gasteiger partial charge in [0.1, 0.15) is 12.4 Å². The molecule has 0 aromatic heterocycles. The number of carbonyl (C=O) groups excluding carboxylic acids is 1. The van der Waals surface area contributed by atoms with Gasteiger partial charge in [-0.05, 0) is 48.9 Å². The Balaban J connectivity index is 2.01. The molecule has 2 aromatic rings. The van der Waals surface area contributed by atoms with Gasteiger partial charge in [-0.15, -0.1) is 0 Å². The van der Waals surface area contributed by atoms with E-state index >= 15 is 0 Å². The lowest BCUT2D eigenvalue weighted by Gasteiger charge is -2.19. The van der Waals surface area contributed by atoms with Crippen molar-refractivity contribution in [2.45, 2.75) is 6.92 Å². The van der Waals surface area contributed by atoms with Crippen LogP contribution in [0.4, 0.5) is 0 Å². The molecule has 1 heterocycles. The molecule has 0 saturated carbocycles. The number of hydrogen-bond acceptors (Lipinski definition) is 5. The number of methoxy groups -OCH3 is 2. The van der Waals surface area contributed by atoms with Crippen LogP contribution in [0.3, 0.4) is 0 Å². The minimum absolute atomic E-state index is 0.0561. The predicted molar refractivity (Wildman–Crippen MR) is 103 cm³/mol. The van der Waals surface area contributed by atoms with E-state index in [0.29, 0.717) is 40.7 Å². The van der Waals surface area contributed by atoms with Gasteiger partial charge < -0.3 is 18.9 Å². The Morgan fingerprint density at radius 3 is 2.46 bits per heavy atom. The van der Waals surface area contributed by atoms with Crippen LogP contribution in [0, 0.1) is 0 Å². The number of ketones is 1. The molecule has 6 heteroatoms. The van der Waals surface area contributed by atoms with E-state index < -0.39 is 0 Å². The largest absolute Gasteiger partial charge is 0.493 e. The smallest absolute Gasteiger partial charge is 0.203 e. The van der Waals surface area contributed by atoms with Gasteiger partial charge in [0, 0.05) is 10.0 Å². The summed E-state index contributed by atoms with van der Waals surface area (Å²) < 4.78 is 23.0. The fourth-order valence-corrected chi connectivity index (χ4v) is 3.14. The summed E-state index contributed by atoms with van der Waals surface area (Å²) in [5, 5.41) is 0. The summed E-state index contributed by atoms with van der Waals surface area (Å²) in [7, 11) is 3.13. The molecule has 0 fully saturated rings. The van der Waals surface area contributed by atoms with Gasteiger partial charge >= 0.3 is 0 Å². The van der Waals surface area contributed by atoms with Crippen molar-refractivity contribution in [2.24, 2.45) is 0 Å². The lowest BCUT2D eigenvalue weighted by Crippen LogP contribution is -2.19. The molecule has 0 amide bonds. The third kappa shape index (κ3) is 3.55. The normalized spacial score (nSPS) is 14.6. The highest BCUT2D eigenvalue weighted by Gasteiger charge is 2.24. The monoisotopic (exact) mass is 418 g/mol. The minimum Gasteiger partial charge on any atom is -0.493 e. The van der Waals surface area contributed by atoms with E-state index in [9.17, 15) is 4.79 Å².